The normalized spacial score (nSPS) is 9.45. The molecule has 0 aliphatic carbocycles. The van der Waals surface area contributed by atoms with E-state index in [9.17, 15) is 9.59 Å². The molecule has 0 unspecified atom stereocenters. The van der Waals surface area contributed by atoms with Crippen LogP contribution in [0.2, 0.25) is 0 Å². The van der Waals surface area contributed by atoms with Crippen molar-refractivity contribution in [2.24, 2.45) is 0 Å². The molecule has 116 valence electrons. The minimum atomic E-state index is -1.08. The van der Waals surface area contributed by atoms with Crippen molar-refractivity contribution in [3.63, 3.8) is 0 Å². The Hall–Kier alpha value is -2.48. The second-order valence-corrected chi connectivity index (χ2v) is 4.91. The predicted molar refractivity (Wildman–Crippen MR) is 80.3 cm³/mol. The molecule has 0 bridgehead atoms. The summed E-state index contributed by atoms with van der Waals surface area (Å²) in [5.74, 6) is -1.29. The predicted octanol–water partition coefficient (Wildman–Crippen LogP) is 2.10. The Kier molecular flexibility index (Phi) is 8.21. The molecular weight excluding hydrogens is 306 g/mol. The maximum absolute atomic E-state index is 9.64. The van der Waals surface area contributed by atoms with Gasteiger partial charge in [-0.05, 0) is 17.7 Å². The van der Waals surface area contributed by atoms with Crippen LogP contribution < -0.4 is 0 Å². The lowest BCUT2D eigenvalue weighted by molar-refractivity contribution is -0.143. The summed E-state index contributed by atoms with van der Waals surface area (Å²) < 4.78 is 0. The monoisotopic (exact) mass is 321 g/mol. The summed E-state index contributed by atoms with van der Waals surface area (Å²) in [4.78, 5) is 31.6. The van der Waals surface area contributed by atoms with Crippen LogP contribution in [0.15, 0.2) is 48.1 Å². The fourth-order valence-corrected chi connectivity index (χ4v) is 1.94. The lowest BCUT2D eigenvalue weighted by atomic mass is 10.3. The Morgan fingerprint density at radius 1 is 1.00 bits per heavy atom. The Morgan fingerprint density at radius 3 is 2.14 bits per heavy atom. The summed E-state index contributed by atoms with van der Waals surface area (Å²) in [7, 11) is 0. The van der Waals surface area contributed by atoms with Gasteiger partial charge in [-0.2, -0.15) is 0 Å². The van der Waals surface area contributed by atoms with E-state index < -0.39 is 11.9 Å². The number of nitrogens with zero attached hydrogens (tertiary/aromatic N) is 3. The van der Waals surface area contributed by atoms with Gasteiger partial charge in [0.2, 0.25) is 0 Å². The highest BCUT2D eigenvalue weighted by molar-refractivity contribution is 7.98. The van der Waals surface area contributed by atoms with Gasteiger partial charge in [-0.1, -0.05) is 17.8 Å². The molecule has 2 rings (SSSR count). The van der Waals surface area contributed by atoms with E-state index in [0.29, 0.717) is 0 Å². The van der Waals surface area contributed by atoms with E-state index in [1.165, 1.54) is 5.56 Å². The van der Waals surface area contributed by atoms with Crippen LogP contribution in [-0.2, 0) is 15.3 Å². The second-order valence-electron chi connectivity index (χ2n) is 3.97. The first-order valence-corrected chi connectivity index (χ1v) is 7.29. The largest absolute Gasteiger partial charge is 0.481 e. The summed E-state index contributed by atoms with van der Waals surface area (Å²) in [6.45, 7) is 0. The first kappa shape index (κ1) is 17.6. The molecule has 2 aromatic heterocycles. The van der Waals surface area contributed by atoms with Crippen LogP contribution >= 0.6 is 11.8 Å². The van der Waals surface area contributed by atoms with Crippen molar-refractivity contribution in [3.05, 3.63) is 48.5 Å². The van der Waals surface area contributed by atoms with E-state index in [4.69, 9.17) is 10.2 Å². The SMILES string of the molecule is O=C(O)CCC(=O)O.c1cnc(SCc2cccnc2)nc1. The van der Waals surface area contributed by atoms with Gasteiger partial charge < -0.3 is 10.2 Å². The Morgan fingerprint density at radius 2 is 1.64 bits per heavy atom. The molecule has 0 aliphatic rings. The van der Waals surface area contributed by atoms with E-state index in [0.717, 1.165) is 10.9 Å². The van der Waals surface area contributed by atoms with Crippen LogP contribution in [0, 0.1) is 0 Å². The van der Waals surface area contributed by atoms with E-state index >= 15 is 0 Å². The van der Waals surface area contributed by atoms with Gasteiger partial charge in [0.05, 0.1) is 12.8 Å². The highest BCUT2D eigenvalue weighted by Gasteiger charge is 2.00. The highest BCUT2D eigenvalue weighted by atomic mass is 32.2. The van der Waals surface area contributed by atoms with Crippen LogP contribution in [0.5, 0.6) is 0 Å². The molecule has 7 nitrogen and oxygen atoms in total. The maximum atomic E-state index is 9.64. The first-order valence-electron chi connectivity index (χ1n) is 6.30. The zero-order valence-corrected chi connectivity index (χ0v) is 12.4. The van der Waals surface area contributed by atoms with Crippen molar-refractivity contribution in [2.75, 3.05) is 0 Å². The van der Waals surface area contributed by atoms with Gasteiger partial charge in [-0.3, -0.25) is 14.6 Å². The average Bonchev–Trinajstić information content (AvgIpc) is 2.54. The van der Waals surface area contributed by atoms with E-state index in [-0.39, 0.29) is 12.8 Å². The Labute approximate surface area is 131 Å². The molecule has 2 N–H and O–H groups in total. The van der Waals surface area contributed by atoms with Crippen LogP contribution in [0.25, 0.3) is 0 Å². The van der Waals surface area contributed by atoms with Crippen LogP contribution in [0.4, 0.5) is 0 Å². The fourth-order valence-electron chi connectivity index (χ4n) is 1.21. The Bertz CT molecular complexity index is 528. The van der Waals surface area contributed by atoms with Crippen molar-refractivity contribution in [1.82, 2.24) is 15.0 Å². The van der Waals surface area contributed by atoms with Gasteiger partial charge in [0.15, 0.2) is 5.16 Å². The molecule has 0 radical (unpaired) electrons. The first-order chi connectivity index (χ1) is 10.6. The number of aromatic nitrogens is 3. The fraction of sp³-hybridized carbons (Fsp3) is 0.214. The maximum Gasteiger partial charge on any atom is 0.303 e. The number of hydrogen-bond donors (Lipinski definition) is 2. The topological polar surface area (TPSA) is 113 Å². The summed E-state index contributed by atoms with van der Waals surface area (Å²) in [5.41, 5.74) is 1.19. The lowest BCUT2D eigenvalue weighted by Gasteiger charge is -1.98. The van der Waals surface area contributed by atoms with Gasteiger partial charge in [-0.15, -0.1) is 0 Å². The minimum Gasteiger partial charge on any atom is -0.481 e. The molecule has 0 fully saturated rings. The van der Waals surface area contributed by atoms with E-state index in [1.807, 2.05) is 24.4 Å². The molecule has 0 atom stereocenters. The summed E-state index contributed by atoms with van der Waals surface area (Å²) in [5, 5.41) is 16.6. The molecule has 2 heterocycles. The number of thioether (sulfide) groups is 1. The number of aliphatic carboxylic acids is 2. The van der Waals surface area contributed by atoms with Crippen molar-refractivity contribution in [3.8, 4) is 0 Å². The third-order valence-corrected chi connectivity index (χ3v) is 3.13. The zero-order chi connectivity index (χ0) is 16.2. The van der Waals surface area contributed by atoms with Gasteiger partial charge in [0, 0.05) is 30.5 Å². The molecule has 0 aromatic carbocycles. The lowest BCUT2D eigenvalue weighted by Crippen LogP contribution is -2.00. The zero-order valence-electron chi connectivity index (χ0n) is 11.6. The average molecular weight is 321 g/mol. The van der Waals surface area contributed by atoms with Crippen LogP contribution in [0.1, 0.15) is 18.4 Å². The quantitative estimate of drug-likeness (QED) is 0.614. The highest BCUT2D eigenvalue weighted by Crippen LogP contribution is 2.16. The van der Waals surface area contributed by atoms with E-state index in [1.54, 1.807) is 30.4 Å². The standard InChI is InChI=1S/C10H9N3S.C4H6O4/c1-3-9(7-11-4-1)8-14-10-12-5-2-6-13-10;5-3(6)1-2-4(7)8/h1-7H,8H2;1-2H2,(H,5,6)(H,7,8). The molecule has 22 heavy (non-hydrogen) atoms. The minimum absolute atomic E-state index is 0.296. The molecule has 0 spiro atoms. The molecule has 0 amide bonds. The van der Waals surface area contributed by atoms with Crippen LogP contribution in [-0.4, -0.2) is 37.1 Å². The van der Waals surface area contributed by atoms with Gasteiger partial charge in [0.1, 0.15) is 0 Å². The van der Waals surface area contributed by atoms with Gasteiger partial charge in [-0.25, -0.2) is 9.97 Å². The summed E-state index contributed by atoms with van der Waals surface area (Å²) in [6, 6.07) is 5.79. The van der Waals surface area contributed by atoms with Crippen molar-refractivity contribution in [1.29, 1.82) is 0 Å². The van der Waals surface area contributed by atoms with Crippen molar-refractivity contribution in [2.45, 2.75) is 23.8 Å². The molecule has 8 heteroatoms. The second kappa shape index (κ2) is 10.3. The molecule has 0 saturated heterocycles. The number of hydrogen-bond acceptors (Lipinski definition) is 6. The van der Waals surface area contributed by atoms with Crippen LogP contribution in [0.3, 0.4) is 0 Å². The summed E-state index contributed by atoms with van der Waals surface area (Å²) in [6.07, 6.45) is 6.53. The number of carbonyl (C=O) groups is 2. The van der Waals surface area contributed by atoms with Crippen molar-refractivity contribution < 1.29 is 19.8 Å². The molecular formula is C14H15N3O4S. The summed E-state index contributed by atoms with van der Waals surface area (Å²) >= 11 is 1.61. The van der Waals surface area contributed by atoms with E-state index in [2.05, 4.69) is 15.0 Å². The van der Waals surface area contributed by atoms with Gasteiger partial charge >= 0.3 is 11.9 Å². The van der Waals surface area contributed by atoms with Gasteiger partial charge in [0.25, 0.3) is 0 Å². The third kappa shape index (κ3) is 8.64. The number of pyridine rings is 1. The van der Waals surface area contributed by atoms with Crippen molar-refractivity contribution >= 4 is 23.7 Å². The Balaban J connectivity index is 0.000000261. The third-order valence-electron chi connectivity index (χ3n) is 2.19. The number of rotatable bonds is 6. The number of carboxylic acid groups (broad SMARTS) is 2. The molecule has 0 aliphatic heterocycles. The smallest absolute Gasteiger partial charge is 0.303 e. The molecule has 2 aromatic rings. The molecule has 0 saturated carbocycles. The number of carboxylic acids is 2.